The van der Waals surface area contributed by atoms with E-state index in [0.717, 1.165) is 55.8 Å². The van der Waals surface area contributed by atoms with Crippen molar-refractivity contribution in [1.82, 2.24) is 0 Å². The maximum absolute atomic E-state index is 12.1. The molecule has 3 nitrogen and oxygen atoms in total. The third-order valence-electron chi connectivity index (χ3n) is 9.57. The number of hydrogen-bond acceptors (Lipinski definition) is 3. The average molecular weight is 367 g/mol. The van der Waals surface area contributed by atoms with Gasteiger partial charge in [-0.2, -0.15) is 0 Å². The van der Waals surface area contributed by atoms with E-state index in [4.69, 9.17) is 4.74 Å². The van der Waals surface area contributed by atoms with Gasteiger partial charge in [0.2, 0.25) is 0 Å². The molecule has 6 rings (SSSR count). The minimum Gasteiger partial charge on any atom is -0.451 e. The highest BCUT2D eigenvalue weighted by Gasteiger charge is 2.66. The van der Waals surface area contributed by atoms with Gasteiger partial charge in [-0.05, 0) is 99.0 Å². The Morgan fingerprint density at radius 1 is 1.04 bits per heavy atom. The van der Waals surface area contributed by atoms with Crippen LogP contribution in [0.1, 0.15) is 64.7 Å². The van der Waals surface area contributed by atoms with Gasteiger partial charge in [-0.1, -0.05) is 12.5 Å². The molecule has 0 amide bonds. The predicted octanol–water partition coefficient (Wildman–Crippen LogP) is 4.62. The normalized spacial score (nSPS) is 50.9. The summed E-state index contributed by atoms with van der Waals surface area (Å²) < 4.78 is 5.99. The van der Waals surface area contributed by atoms with E-state index >= 15 is 0 Å². The van der Waals surface area contributed by atoms with Gasteiger partial charge in [0.25, 0.3) is 0 Å². The molecule has 0 N–H and O–H groups in total. The fraction of sp³-hybridized carbons (Fsp3) is 0.750. The summed E-state index contributed by atoms with van der Waals surface area (Å²) in [7, 11) is 0. The van der Waals surface area contributed by atoms with Crippen LogP contribution in [-0.4, -0.2) is 17.4 Å². The minimum absolute atomic E-state index is 0.0929. The lowest BCUT2D eigenvalue weighted by Crippen LogP contribution is -2.54. The van der Waals surface area contributed by atoms with Crippen molar-refractivity contribution in [2.75, 3.05) is 0 Å². The molecule has 4 fully saturated rings. The maximum atomic E-state index is 12.1. The highest BCUT2D eigenvalue weighted by atomic mass is 16.6. The summed E-state index contributed by atoms with van der Waals surface area (Å²) >= 11 is 0. The molecule has 1 heterocycles. The lowest BCUT2D eigenvalue weighted by molar-refractivity contribution is -0.163. The molecule has 4 unspecified atom stereocenters. The number of fused-ring (bicyclic) bond motifs is 6. The number of ether oxygens (including phenoxy) is 1. The number of hydrogen-bond donors (Lipinski definition) is 0. The van der Waals surface area contributed by atoms with Gasteiger partial charge in [0.1, 0.15) is 5.60 Å². The van der Waals surface area contributed by atoms with E-state index in [1.54, 1.807) is 6.08 Å². The zero-order valence-corrected chi connectivity index (χ0v) is 16.3. The van der Waals surface area contributed by atoms with E-state index in [2.05, 4.69) is 13.0 Å². The lowest BCUT2D eigenvalue weighted by Gasteiger charge is -2.58. The van der Waals surface area contributed by atoms with Gasteiger partial charge >= 0.3 is 5.97 Å². The second-order valence-electron chi connectivity index (χ2n) is 10.5. The third-order valence-corrected chi connectivity index (χ3v) is 9.57. The summed E-state index contributed by atoms with van der Waals surface area (Å²) in [6, 6.07) is 0. The summed E-state index contributed by atoms with van der Waals surface area (Å²) in [6.45, 7) is 2.42. The SMILES string of the molecule is C[C@]12CCC3C(C(C4CC4)CC4=CC(=O)CC[C@@H]43)C1CC[C@@]21C=CC(=O)O1. The maximum Gasteiger partial charge on any atom is 0.331 e. The summed E-state index contributed by atoms with van der Waals surface area (Å²) in [4.78, 5) is 24.0. The van der Waals surface area contributed by atoms with Crippen molar-refractivity contribution in [3.05, 3.63) is 23.8 Å². The van der Waals surface area contributed by atoms with Crippen molar-refractivity contribution < 1.29 is 14.3 Å². The standard InChI is InChI=1S/C24H30O3/c1-23-9-6-18-17-5-4-16(25)12-15(17)13-19(14-2-3-14)22(18)20(23)7-10-24(23)11-8-21(26)27-24/h8,11-12,14,17-20,22H,2-7,9-10,13H2,1H3/t17-,18?,19?,20?,22?,23-,24+/m0/s1. The van der Waals surface area contributed by atoms with E-state index in [-0.39, 0.29) is 17.0 Å². The molecule has 0 radical (unpaired) electrons. The second-order valence-corrected chi connectivity index (χ2v) is 10.5. The average Bonchev–Trinajstić information content (AvgIpc) is 3.36. The molecule has 5 aliphatic carbocycles. The van der Waals surface area contributed by atoms with Gasteiger partial charge in [0, 0.05) is 17.9 Å². The predicted molar refractivity (Wildman–Crippen MR) is 102 cm³/mol. The van der Waals surface area contributed by atoms with E-state index in [1.807, 2.05) is 6.08 Å². The van der Waals surface area contributed by atoms with Gasteiger partial charge in [0.05, 0.1) is 0 Å². The number of carbonyl (C=O) groups is 2. The second kappa shape index (κ2) is 5.36. The first-order valence-corrected chi connectivity index (χ1v) is 11.2. The quantitative estimate of drug-likeness (QED) is 0.636. The molecule has 27 heavy (non-hydrogen) atoms. The largest absolute Gasteiger partial charge is 0.451 e. The van der Waals surface area contributed by atoms with Crippen molar-refractivity contribution in [3.63, 3.8) is 0 Å². The van der Waals surface area contributed by atoms with Crippen molar-refractivity contribution in [3.8, 4) is 0 Å². The first-order valence-electron chi connectivity index (χ1n) is 11.2. The van der Waals surface area contributed by atoms with Crippen LogP contribution in [0.5, 0.6) is 0 Å². The van der Waals surface area contributed by atoms with Gasteiger partial charge in [-0.15, -0.1) is 0 Å². The van der Waals surface area contributed by atoms with Crippen LogP contribution in [0.15, 0.2) is 23.8 Å². The number of ketones is 1. The zero-order valence-electron chi connectivity index (χ0n) is 16.3. The molecule has 0 aromatic heterocycles. The summed E-state index contributed by atoms with van der Waals surface area (Å²) in [5.74, 6) is 4.66. The zero-order chi connectivity index (χ0) is 18.4. The molecule has 0 aromatic rings. The van der Waals surface area contributed by atoms with Gasteiger partial charge in [0.15, 0.2) is 5.78 Å². The Kier molecular flexibility index (Phi) is 3.29. The Balaban J connectivity index is 1.40. The van der Waals surface area contributed by atoms with Crippen LogP contribution in [-0.2, 0) is 14.3 Å². The van der Waals surface area contributed by atoms with Crippen LogP contribution in [0.3, 0.4) is 0 Å². The van der Waals surface area contributed by atoms with Crippen LogP contribution < -0.4 is 0 Å². The third kappa shape index (κ3) is 2.15. The highest BCUT2D eigenvalue weighted by Crippen LogP contribution is 2.69. The van der Waals surface area contributed by atoms with Crippen LogP contribution in [0.4, 0.5) is 0 Å². The number of esters is 1. The molecule has 144 valence electrons. The first-order chi connectivity index (χ1) is 13.0. The van der Waals surface area contributed by atoms with E-state index < -0.39 is 0 Å². The summed E-state index contributed by atoms with van der Waals surface area (Å²) in [6.07, 6.45) is 16.2. The molecule has 7 atom stereocenters. The van der Waals surface area contributed by atoms with Crippen LogP contribution >= 0.6 is 0 Å². The first kappa shape index (κ1) is 16.6. The smallest absolute Gasteiger partial charge is 0.331 e. The topological polar surface area (TPSA) is 43.4 Å². The Bertz CT molecular complexity index is 774. The molecular formula is C24H30O3. The van der Waals surface area contributed by atoms with Crippen LogP contribution in [0.25, 0.3) is 0 Å². The van der Waals surface area contributed by atoms with E-state index in [0.29, 0.717) is 17.6 Å². The number of allylic oxidation sites excluding steroid dienone is 1. The molecule has 0 aromatic carbocycles. The lowest BCUT2D eigenvalue weighted by atomic mass is 9.47. The Morgan fingerprint density at radius 2 is 1.89 bits per heavy atom. The number of carbonyl (C=O) groups excluding carboxylic acids is 2. The molecule has 3 heteroatoms. The van der Waals surface area contributed by atoms with Crippen molar-refractivity contribution in [2.45, 2.75) is 70.3 Å². The molecule has 6 aliphatic rings. The molecular weight excluding hydrogens is 336 g/mol. The molecule has 0 bridgehead atoms. The van der Waals surface area contributed by atoms with Crippen molar-refractivity contribution >= 4 is 11.8 Å². The van der Waals surface area contributed by atoms with Gasteiger partial charge in [-0.25, -0.2) is 4.79 Å². The van der Waals surface area contributed by atoms with E-state index in [9.17, 15) is 9.59 Å². The van der Waals surface area contributed by atoms with Crippen molar-refractivity contribution in [1.29, 1.82) is 0 Å². The van der Waals surface area contributed by atoms with Gasteiger partial charge < -0.3 is 4.74 Å². The summed E-state index contributed by atoms with van der Waals surface area (Å²) in [5.41, 5.74) is 1.25. The van der Waals surface area contributed by atoms with E-state index in [1.165, 1.54) is 31.3 Å². The molecule has 4 saturated carbocycles. The summed E-state index contributed by atoms with van der Waals surface area (Å²) in [5, 5.41) is 0. The van der Waals surface area contributed by atoms with Crippen molar-refractivity contribution in [2.24, 2.45) is 40.9 Å². The number of rotatable bonds is 1. The Labute approximate surface area is 161 Å². The minimum atomic E-state index is -0.341. The highest BCUT2D eigenvalue weighted by molar-refractivity contribution is 5.91. The van der Waals surface area contributed by atoms with Crippen LogP contribution in [0, 0.1) is 40.9 Å². The Morgan fingerprint density at radius 3 is 2.63 bits per heavy atom. The Hall–Kier alpha value is -1.38. The molecule has 0 saturated heterocycles. The fourth-order valence-electron chi connectivity index (χ4n) is 8.22. The van der Waals surface area contributed by atoms with Gasteiger partial charge in [-0.3, -0.25) is 4.79 Å². The fourth-order valence-corrected chi connectivity index (χ4v) is 8.22. The molecule has 1 aliphatic heterocycles. The monoisotopic (exact) mass is 366 g/mol. The van der Waals surface area contributed by atoms with Crippen LogP contribution in [0.2, 0.25) is 0 Å². The molecule has 1 spiro atoms.